The number of amides is 1. The van der Waals surface area contributed by atoms with Crippen molar-refractivity contribution >= 4 is 40.6 Å². The zero-order valence-corrected chi connectivity index (χ0v) is 19.1. The number of aryl methyl sites for hydroxylation is 1. The molecule has 0 bridgehead atoms. The molecule has 36 heavy (non-hydrogen) atoms. The number of benzene rings is 1. The van der Waals surface area contributed by atoms with E-state index in [4.69, 9.17) is 20.4 Å². The molecule has 2 aromatic heterocycles. The smallest absolute Gasteiger partial charge is 0.475 e. The van der Waals surface area contributed by atoms with E-state index in [9.17, 15) is 18.0 Å². The van der Waals surface area contributed by atoms with Crippen molar-refractivity contribution in [2.24, 2.45) is 12.8 Å². The van der Waals surface area contributed by atoms with Crippen LogP contribution in [0.2, 0.25) is 0 Å². The Kier molecular flexibility index (Phi) is 8.32. The number of nitrogens with zero attached hydrogens (tertiary/aromatic N) is 4. The second-order valence-corrected chi connectivity index (χ2v) is 7.52. The average molecular weight is 507 g/mol. The van der Waals surface area contributed by atoms with Gasteiger partial charge in [0.25, 0.3) is 5.91 Å². The molecule has 1 aromatic carbocycles. The number of halogens is 3. The summed E-state index contributed by atoms with van der Waals surface area (Å²) in [5.74, 6) is -2.08. The molecule has 3 heterocycles. The normalized spacial score (nSPS) is 13.4. The first-order chi connectivity index (χ1) is 17.0. The summed E-state index contributed by atoms with van der Waals surface area (Å²) in [5.41, 5.74) is 8.62. The monoisotopic (exact) mass is 507 g/mol. The first-order valence-electron chi connectivity index (χ1n) is 10.6. The van der Waals surface area contributed by atoms with Crippen molar-refractivity contribution in [2.75, 3.05) is 41.8 Å². The topological polar surface area (TPSA) is 148 Å². The van der Waals surface area contributed by atoms with Gasteiger partial charge in [-0.2, -0.15) is 18.3 Å². The molecule has 1 fully saturated rings. The SMILES string of the molecule is Cn1ncc(C(N)=O)c1Nc1ccnc(Nc2ccc(N3CCOCC3)cc2)c1.O=C(O)C(F)(F)F. The van der Waals surface area contributed by atoms with Gasteiger partial charge in [-0.3, -0.25) is 9.48 Å². The van der Waals surface area contributed by atoms with Gasteiger partial charge in [-0.15, -0.1) is 0 Å². The summed E-state index contributed by atoms with van der Waals surface area (Å²) in [5, 5.41) is 17.7. The molecular weight excluding hydrogens is 483 g/mol. The summed E-state index contributed by atoms with van der Waals surface area (Å²) < 4.78 is 38.7. The lowest BCUT2D eigenvalue weighted by Gasteiger charge is -2.28. The zero-order valence-electron chi connectivity index (χ0n) is 19.1. The quantitative estimate of drug-likeness (QED) is 0.395. The van der Waals surface area contributed by atoms with E-state index in [0.717, 1.165) is 37.7 Å². The van der Waals surface area contributed by atoms with E-state index >= 15 is 0 Å². The summed E-state index contributed by atoms with van der Waals surface area (Å²) in [7, 11) is 1.74. The van der Waals surface area contributed by atoms with E-state index in [1.54, 1.807) is 17.9 Å². The number of alkyl halides is 3. The number of aliphatic carboxylic acids is 1. The number of hydrogen-bond acceptors (Lipinski definition) is 8. The number of carboxylic acid groups (broad SMARTS) is 1. The van der Waals surface area contributed by atoms with Gasteiger partial charge in [0.2, 0.25) is 0 Å². The second kappa shape index (κ2) is 11.4. The molecule has 14 heteroatoms. The number of carbonyl (C=O) groups is 2. The third kappa shape index (κ3) is 7.09. The van der Waals surface area contributed by atoms with Gasteiger partial charge in [0, 0.05) is 49.5 Å². The summed E-state index contributed by atoms with van der Waals surface area (Å²) in [4.78, 5) is 27.1. The van der Waals surface area contributed by atoms with E-state index in [0.29, 0.717) is 17.2 Å². The maximum Gasteiger partial charge on any atom is 0.490 e. The van der Waals surface area contributed by atoms with Crippen LogP contribution in [0.1, 0.15) is 10.4 Å². The van der Waals surface area contributed by atoms with Crippen LogP contribution in [0, 0.1) is 0 Å². The first-order valence-corrected chi connectivity index (χ1v) is 10.6. The number of carbonyl (C=O) groups excluding carboxylic acids is 1. The third-order valence-corrected chi connectivity index (χ3v) is 4.99. The molecule has 0 aliphatic carbocycles. The third-order valence-electron chi connectivity index (χ3n) is 4.99. The Balaban J connectivity index is 0.000000454. The maximum absolute atomic E-state index is 11.6. The van der Waals surface area contributed by atoms with Gasteiger partial charge in [0.1, 0.15) is 17.2 Å². The molecular formula is C22H24F3N7O4. The Morgan fingerprint density at radius 2 is 1.72 bits per heavy atom. The van der Waals surface area contributed by atoms with Gasteiger partial charge >= 0.3 is 12.1 Å². The number of nitrogens with two attached hydrogens (primary N) is 1. The molecule has 192 valence electrons. The fourth-order valence-corrected chi connectivity index (χ4v) is 3.20. The molecule has 0 unspecified atom stereocenters. The predicted molar refractivity (Wildman–Crippen MR) is 126 cm³/mol. The zero-order chi connectivity index (χ0) is 26.3. The minimum absolute atomic E-state index is 0.331. The molecule has 0 atom stereocenters. The number of rotatable bonds is 6. The predicted octanol–water partition coefficient (Wildman–Crippen LogP) is 2.87. The highest BCUT2D eigenvalue weighted by molar-refractivity contribution is 5.98. The number of anilines is 5. The fraction of sp³-hybridized carbons (Fsp3) is 0.273. The molecule has 1 aliphatic heterocycles. The van der Waals surface area contributed by atoms with Crippen LogP contribution in [-0.2, 0) is 16.6 Å². The summed E-state index contributed by atoms with van der Waals surface area (Å²) in [6, 6.07) is 11.9. The minimum Gasteiger partial charge on any atom is -0.475 e. The number of primary amides is 1. The van der Waals surface area contributed by atoms with Gasteiger partial charge in [0.15, 0.2) is 0 Å². The van der Waals surface area contributed by atoms with Crippen molar-refractivity contribution < 1.29 is 32.6 Å². The van der Waals surface area contributed by atoms with Crippen molar-refractivity contribution in [2.45, 2.75) is 6.18 Å². The van der Waals surface area contributed by atoms with Crippen molar-refractivity contribution in [1.82, 2.24) is 14.8 Å². The van der Waals surface area contributed by atoms with E-state index in [-0.39, 0.29) is 0 Å². The molecule has 0 spiro atoms. The van der Waals surface area contributed by atoms with Crippen LogP contribution < -0.4 is 21.3 Å². The number of hydrogen-bond donors (Lipinski definition) is 4. The number of morpholine rings is 1. The van der Waals surface area contributed by atoms with Gasteiger partial charge < -0.3 is 31.1 Å². The minimum atomic E-state index is -5.08. The maximum atomic E-state index is 11.6. The number of carboxylic acids is 1. The van der Waals surface area contributed by atoms with Crippen LogP contribution in [0.3, 0.4) is 0 Å². The molecule has 5 N–H and O–H groups in total. The highest BCUT2D eigenvalue weighted by atomic mass is 19.4. The highest BCUT2D eigenvalue weighted by Gasteiger charge is 2.38. The number of ether oxygens (including phenoxy) is 1. The van der Waals surface area contributed by atoms with Crippen LogP contribution in [-0.4, -0.2) is 64.2 Å². The van der Waals surface area contributed by atoms with Crippen molar-refractivity contribution in [3.05, 3.63) is 54.4 Å². The highest BCUT2D eigenvalue weighted by Crippen LogP contribution is 2.24. The Morgan fingerprint density at radius 1 is 1.08 bits per heavy atom. The van der Waals surface area contributed by atoms with Gasteiger partial charge in [0.05, 0.1) is 19.4 Å². The number of nitrogens with one attached hydrogen (secondary N) is 2. The molecule has 1 aliphatic rings. The molecule has 11 nitrogen and oxygen atoms in total. The second-order valence-electron chi connectivity index (χ2n) is 7.52. The lowest BCUT2D eigenvalue weighted by molar-refractivity contribution is -0.192. The van der Waals surface area contributed by atoms with Gasteiger partial charge in [-0.05, 0) is 30.3 Å². The Hall–Kier alpha value is -4.33. The van der Waals surface area contributed by atoms with E-state index < -0.39 is 18.1 Å². The molecule has 3 aromatic rings. The standard InChI is InChI=1S/C20H23N7O2.C2HF3O2/c1-26-20(17(13-23-26)19(21)28)25-15-6-7-22-18(12-15)24-14-2-4-16(5-3-14)27-8-10-29-11-9-27;3-2(4,5)1(6)7/h2-7,12-13H,8-11H2,1H3,(H2,21,28)(H2,22,24,25);(H,6,7). The molecule has 0 radical (unpaired) electrons. The van der Waals surface area contributed by atoms with Crippen LogP contribution in [0.4, 0.5) is 41.9 Å². The van der Waals surface area contributed by atoms with Crippen molar-refractivity contribution in [1.29, 1.82) is 0 Å². The Bertz CT molecular complexity index is 1190. The molecule has 1 amide bonds. The summed E-state index contributed by atoms with van der Waals surface area (Å²) in [6.45, 7) is 3.34. The van der Waals surface area contributed by atoms with E-state index in [2.05, 4.69) is 37.7 Å². The first kappa shape index (κ1) is 26.3. The van der Waals surface area contributed by atoms with E-state index in [1.165, 1.54) is 11.9 Å². The lowest BCUT2D eigenvalue weighted by atomic mass is 10.2. The Morgan fingerprint density at radius 3 is 2.31 bits per heavy atom. The molecule has 4 rings (SSSR count). The van der Waals surface area contributed by atoms with Crippen LogP contribution in [0.15, 0.2) is 48.8 Å². The summed E-state index contributed by atoms with van der Waals surface area (Å²) >= 11 is 0. The number of pyridine rings is 1. The summed E-state index contributed by atoms with van der Waals surface area (Å²) in [6.07, 6.45) is -1.95. The molecule has 0 saturated carbocycles. The number of aromatic nitrogens is 3. The van der Waals surface area contributed by atoms with Gasteiger partial charge in [-0.25, -0.2) is 9.78 Å². The van der Waals surface area contributed by atoms with Crippen LogP contribution >= 0.6 is 0 Å². The Labute approximate surface area is 203 Å². The van der Waals surface area contributed by atoms with Crippen LogP contribution in [0.5, 0.6) is 0 Å². The van der Waals surface area contributed by atoms with Gasteiger partial charge in [-0.1, -0.05) is 0 Å². The van der Waals surface area contributed by atoms with Crippen molar-refractivity contribution in [3.63, 3.8) is 0 Å². The largest absolute Gasteiger partial charge is 0.490 e. The van der Waals surface area contributed by atoms with Crippen molar-refractivity contribution in [3.8, 4) is 0 Å². The van der Waals surface area contributed by atoms with Crippen LogP contribution in [0.25, 0.3) is 0 Å². The van der Waals surface area contributed by atoms with E-state index in [1.807, 2.05) is 24.3 Å². The average Bonchev–Trinajstić information content (AvgIpc) is 3.20. The fourth-order valence-electron chi connectivity index (χ4n) is 3.20. The lowest BCUT2D eigenvalue weighted by Crippen LogP contribution is -2.36. The molecule has 1 saturated heterocycles.